The first-order valence-electron chi connectivity index (χ1n) is 5.54. The highest BCUT2D eigenvalue weighted by Crippen LogP contribution is 2.32. The van der Waals surface area contributed by atoms with Gasteiger partial charge in [-0.05, 0) is 50.2 Å². The smallest absolute Gasteiger partial charge is 0.319 e. The maximum absolute atomic E-state index is 13.3. The Morgan fingerprint density at radius 1 is 1.33 bits per heavy atom. The molecule has 0 aliphatic carbocycles. The highest BCUT2D eigenvalue weighted by molar-refractivity contribution is 5.64. The summed E-state index contributed by atoms with van der Waals surface area (Å²) in [5.74, 6) is -1.23. The molecule has 0 atom stereocenters. The van der Waals surface area contributed by atoms with Gasteiger partial charge in [-0.2, -0.15) is 13.2 Å². The van der Waals surface area contributed by atoms with Crippen molar-refractivity contribution in [2.24, 2.45) is 0 Å². The van der Waals surface area contributed by atoms with E-state index in [0.29, 0.717) is 5.56 Å². The van der Waals surface area contributed by atoms with E-state index in [2.05, 4.69) is 5.32 Å². The second kappa shape index (κ2) is 6.00. The number of rotatable bonds is 4. The summed E-state index contributed by atoms with van der Waals surface area (Å²) in [6, 6.07) is 2.99. The van der Waals surface area contributed by atoms with Gasteiger partial charge in [0.05, 0.1) is 5.56 Å². The molecule has 1 aromatic rings. The van der Waals surface area contributed by atoms with E-state index in [0.717, 1.165) is 30.7 Å². The topological polar surface area (TPSA) is 12.0 Å². The predicted molar refractivity (Wildman–Crippen MR) is 63.6 cm³/mol. The number of hydrogen-bond acceptors (Lipinski definition) is 1. The lowest BCUT2D eigenvalue weighted by atomic mass is 10.0. The van der Waals surface area contributed by atoms with Gasteiger partial charge in [-0.25, -0.2) is 4.39 Å². The van der Waals surface area contributed by atoms with Crippen LogP contribution in [0.25, 0.3) is 5.57 Å². The van der Waals surface area contributed by atoms with Crippen LogP contribution in [0.2, 0.25) is 0 Å². The van der Waals surface area contributed by atoms with Crippen molar-refractivity contribution in [1.29, 1.82) is 0 Å². The molecule has 0 spiro atoms. The van der Waals surface area contributed by atoms with Crippen LogP contribution in [0.5, 0.6) is 0 Å². The first kappa shape index (κ1) is 14.7. The van der Waals surface area contributed by atoms with Crippen molar-refractivity contribution in [3.05, 3.63) is 41.2 Å². The van der Waals surface area contributed by atoms with Crippen molar-refractivity contribution in [2.75, 3.05) is 13.6 Å². The van der Waals surface area contributed by atoms with E-state index in [9.17, 15) is 17.6 Å². The van der Waals surface area contributed by atoms with Crippen molar-refractivity contribution >= 4 is 5.57 Å². The van der Waals surface area contributed by atoms with Gasteiger partial charge in [-0.1, -0.05) is 12.1 Å². The third-order valence-electron chi connectivity index (χ3n) is 2.57. The summed E-state index contributed by atoms with van der Waals surface area (Å²) >= 11 is 0. The first-order chi connectivity index (χ1) is 8.36. The Bertz CT molecular complexity index is 435. The maximum atomic E-state index is 13.3. The van der Waals surface area contributed by atoms with Gasteiger partial charge in [-0.15, -0.1) is 0 Å². The maximum Gasteiger partial charge on any atom is 0.419 e. The van der Waals surface area contributed by atoms with E-state index in [-0.39, 0.29) is 0 Å². The predicted octanol–water partition coefficient (Wildman–Crippen LogP) is 3.86. The van der Waals surface area contributed by atoms with Gasteiger partial charge >= 0.3 is 6.18 Å². The van der Waals surface area contributed by atoms with Crippen molar-refractivity contribution in [2.45, 2.75) is 19.5 Å². The Morgan fingerprint density at radius 3 is 2.50 bits per heavy atom. The number of benzene rings is 1. The van der Waals surface area contributed by atoms with E-state index in [1.807, 2.05) is 6.08 Å². The molecule has 0 heterocycles. The lowest BCUT2D eigenvalue weighted by molar-refractivity contribution is -0.140. The number of hydrogen-bond donors (Lipinski definition) is 1. The largest absolute Gasteiger partial charge is 0.419 e. The second-order valence-corrected chi connectivity index (χ2v) is 3.97. The average molecular weight is 261 g/mol. The SMILES string of the molecule is CNCC/C=C(/C)c1ccc(C(F)(F)F)c(F)c1. The van der Waals surface area contributed by atoms with Crippen LogP contribution in [-0.2, 0) is 6.18 Å². The molecule has 100 valence electrons. The van der Waals surface area contributed by atoms with Crippen LogP contribution < -0.4 is 5.32 Å². The van der Waals surface area contributed by atoms with Crippen molar-refractivity contribution in [3.63, 3.8) is 0 Å². The zero-order chi connectivity index (χ0) is 13.8. The molecule has 0 fully saturated rings. The number of nitrogens with one attached hydrogen (secondary N) is 1. The summed E-state index contributed by atoms with van der Waals surface area (Å²) in [5, 5.41) is 2.95. The van der Waals surface area contributed by atoms with E-state index < -0.39 is 17.6 Å². The molecule has 0 saturated heterocycles. The lowest BCUT2D eigenvalue weighted by Gasteiger charge is -2.09. The van der Waals surface area contributed by atoms with E-state index >= 15 is 0 Å². The van der Waals surface area contributed by atoms with E-state index in [1.165, 1.54) is 6.07 Å². The van der Waals surface area contributed by atoms with Crippen LogP contribution in [0.15, 0.2) is 24.3 Å². The molecule has 1 aromatic carbocycles. The molecular formula is C13H15F4N. The Balaban J connectivity index is 2.94. The quantitative estimate of drug-likeness (QED) is 0.641. The summed E-state index contributed by atoms with van der Waals surface area (Å²) in [4.78, 5) is 0. The molecule has 1 nitrogen and oxygen atoms in total. The summed E-state index contributed by atoms with van der Waals surface area (Å²) < 4.78 is 50.4. The molecule has 1 N–H and O–H groups in total. The molecule has 0 bridgehead atoms. The fourth-order valence-electron chi connectivity index (χ4n) is 1.54. The normalized spacial score (nSPS) is 12.9. The molecule has 18 heavy (non-hydrogen) atoms. The van der Waals surface area contributed by atoms with Gasteiger partial charge in [0.15, 0.2) is 0 Å². The third kappa shape index (κ3) is 3.84. The molecule has 1 rings (SSSR count). The van der Waals surface area contributed by atoms with Crippen LogP contribution in [-0.4, -0.2) is 13.6 Å². The third-order valence-corrected chi connectivity index (χ3v) is 2.57. The minimum Gasteiger partial charge on any atom is -0.319 e. The summed E-state index contributed by atoms with van der Waals surface area (Å²) in [5.41, 5.74) is 0.00347. The summed E-state index contributed by atoms with van der Waals surface area (Å²) in [6.07, 6.45) is -2.05. The molecule has 0 amide bonds. The molecule has 0 saturated carbocycles. The molecular weight excluding hydrogens is 246 g/mol. The van der Waals surface area contributed by atoms with E-state index in [1.54, 1.807) is 14.0 Å². The highest BCUT2D eigenvalue weighted by atomic mass is 19.4. The number of allylic oxidation sites excluding steroid dienone is 1. The molecule has 0 aliphatic heterocycles. The Kier molecular flexibility index (Phi) is 4.90. The Morgan fingerprint density at radius 2 is 2.00 bits per heavy atom. The van der Waals surface area contributed by atoms with Crippen molar-refractivity contribution in [3.8, 4) is 0 Å². The van der Waals surface area contributed by atoms with Gasteiger partial charge in [0.25, 0.3) is 0 Å². The van der Waals surface area contributed by atoms with Crippen LogP contribution in [0.4, 0.5) is 17.6 Å². The molecule has 0 aliphatic rings. The van der Waals surface area contributed by atoms with Crippen molar-refractivity contribution in [1.82, 2.24) is 5.32 Å². The summed E-state index contributed by atoms with van der Waals surface area (Å²) in [7, 11) is 1.81. The average Bonchev–Trinajstić information content (AvgIpc) is 2.27. The Hall–Kier alpha value is -1.36. The Labute approximate surface area is 104 Å². The second-order valence-electron chi connectivity index (χ2n) is 3.97. The molecule has 0 unspecified atom stereocenters. The van der Waals surface area contributed by atoms with Gasteiger partial charge in [0.2, 0.25) is 0 Å². The first-order valence-corrected chi connectivity index (χ1v) is 5.54. The zero-order valence-corrected chi connectivity index (χ0v) is 10.2. The number of alkyl halides is 3. The van der Waals surface area contributed by atoms with Gasteiger partial charge in [0, 0.05) is 0 Å². The van der Waals surface area contributed by atoms with Gasteiger partial charge in [0.1, 0.15) is 5.82 Å². The lowest BCUT2D eigenvalue weighted by Crippen LogP contribution is -2.08. The zero-order valence-electron chi connectivity index (χ0n) is 10.2. The van der Waals surface area contributed by atoms with Crippen LogP contribution in [0.3, 0.4) is 0 Å². The number of halogens is 4. The van der Waals surface area contributed by atoms with Gasteiger partial charge in [-0.3, -0.25) is 0 Å². The highest BCUT2D eigenvalue weighted by Gasteiger charge is 2.33. The fourth-order valence-corrected chi connectivity index (χ4v) is 1.54. The molecule has 0 aromatic heterocycles. The minimum absolute atomic E-state index is 0.469. The minimum atomic E-state index is -4.65. The fraction of sp³-hybridized carbons (Fsp3) is 0.385. The monoisotopic (exact) mass is 261 g/mol. The summed E-state index contributed by atoms with van der Waals surface area (Å²) in [6.45, 7) is 2.51. The van der Waals surface area contributed by atoms with Gasteiger partial charge < -0.3 is 5.32 Å². The van der Waals surface area contributed by atoms with Crippen LogP contribution >= 0.6 is 0 Å². The van der Waals surface area contributed by atoms with E-state index in [4.69, 9.17) is 0 Å². The van der Waals surface area contributed by atoms with Crippen molar-refractivity contribution < 1.29 is 17.6 Å². The molecule has 0 radical (unpaired) electrons. The van der Waals surface area contributed by atoms with Crippen LogP contribution in [0.1, 0.15) is 24.5 Å². The molecule has 5 heteroatoms. The van der Waals surface area contributed by atoms with Crippen LogP contribution in [0, 0.1) is 5.82 Å². The standard InChI is InChI=1S/C13H15F4N/c1-9(4-3-7-18-2)10-5-6-11(12(14)8-10)13(15,16)17/h4-6,8,18H,3,7H2,1-2H3/b9-4-.